The minimum atomic E-state index is 0.262. The molecule has 0 saturated heterocycles. The second-order valence-corrected chi connectivity index (χ2v) is 1.97. The highest BCUT2D eigenvalue weighted by molar-refractivity contribution is 9.09. The van der Waals surface area contributed by atoms with E-state index >= 15 is 0 Å². The lowest BCUT2D eigenvalue weighted by Gasteiger charge is -1.93. The summed E-state index contributed by atoms with van der Waals surface area (Å²) < 4.78 is 0. The normalized spacial score (nSPS) is 30.5. The molecule has 1 unspecified atom stereocenters. The lowest BCUT2D eigenvalue weighted by Crippen LogP contribution is -2.25. The molecule has 2 N–H and O–H groups in total. The molecule has 1 heterocycles. The van der Waals surface area contributed by atoms with E-state index in [0.717, 1.165) is 0 Å². The van der Waals surface area contributed by atoms with Crippen molar-refractivity contribution in [2.45, 2.75) is 4.95 Å². The minimum Gasteiger partial charge on any atom is -0.318 e. The van der Waals surface area contributed by atoms with E-state index in [1.807, 2.05) is 6.08 Å². The number of rotatable bonds is 0. The van der Waals surface area contributed by atoms with E-state index in [4.69, 9.17) is 0 Å². The maximum Gasteiger partial charge on any atom is 0.101 e. The van der Waals surface area contributed by atoms with Gasteiger partial charge in [-0.25, -0.2) is 5.43 Å². The zero-order valence-corrected chi connectivity index (χ0v) is 4.62. The number of hydrogen-bond acceptors (Lipinski definition) is 2. The molecular formula is C3H4BrN2. The van der Waals surface area contributed by atoms with Crippen molar-refractivity contribution in [1.29, 1.82) is 0 Å². The summed E-state index contributed by atoms with van der Waals surface area (Å²) in [5, 5.41) is 0. The van der Waals surface area contributed by atoms with E-state index in [2.05, 4.69) is 33.0 Å². The Hall–Kier alpha value is -0.0200. The monoisotopic (exact) mass is 147 g/mol. The van der Waals surface area contributed by atoms with Gasteiger partial charge in [0.15, 0.2) is 0 Å². The molecule has 1 aliphatic heterocycles. The van der Waals surface area contributed by atoms with Crippen LogP contribution in [-0.4, -0.2) is 4.95 Å². The topological polar surface area (TPSA) is 24.1 Å². The SMILES string of the molecule is BrC1C=[C]NN1. The number of nitrogens with one attached hydrogen (secondary N) is 2. The molecule has 33 valence electrons. The smallest absolute Gasteiger partial charge is 0.101 e. The van der Waals surface area contributed by atoms with Crippen LogP contribution in [0.5, 0.6) is 0 Å². The Labute approximate surface area is 44.7 Å². The third-order valence-corrected chi connectivity index (χ3v) is 1.01. The fourth-order valence-corrected chi connectivity index (χ4v) is 0.514. The standard InChI is InChI=1S/C3H4BrN2/c4-3-1-2-5-6-3/h1,3,5-6H. The van der Waals surface area contributed by atoms with Crippen LogP contribution in [0.25, 0.3) is 0 Å². The third kappa shape index (κ3) is 0.725. The Morgan fingerprint density at radius 1 is 1.83 bits per heavy atom. The lowest BCUT2D eigenvalue weighted by molar-refractivity contribution is 0.695. The highest BCUT2D eigenvalue weighted by Crippen LogP contribution is 1.96. The first kappa shape index (κ1) is 4.15. The van der Waals surface area contributed by atoms with Gasteiger partial charge < -0.3 is 5.43 Å². The molecule has 0 spiro atoms. The summed E-state index contributed by atoms with van der Waals surface area (Å²) in [7, 11) is 0. The van der Waals surface area contributed by atoms with E-state index in [-0.39, 0.29) is 4.95 Å². The fraction of sp³-hybridized carbons (Fsp3) is 0.333. The number of hydrazine groups is 1. The summed E-state index contributed by atoms with van der Waals surface area (Å²) in [5.74, 6) is 0. The summed E-state index contributed by atoms with van der Waals surface area (Å²) in [5.41, 5.74) is 5.49. The van der Waals surface area contributed by atoms with Crippen molar-refractivity contribution < 1.29 is 0 Å². The molecule has 1 rings (SSSR count). The molecule has 1 radical (unpaired) electrons. The molecule has 0 aromatic carbocycles. The Balaban J connectivity index is 2.38. The van der Waals surface area contributed by atoms with E-state index in [9.17, 15) is 0 Å². The van der Waals surface area contributed by atoms with E-state index in [0.29, 0.717) is 0 Å². The molecule has 0 saturated carbocycles. The predicted molar refractivity (Wildman–Crippen MR) is 26.8 cm³/mol. The molecule has 0 aromatic heterocycles. The molecule has 1 aliphatic rings. The van der Waals surface area contributed by atoms with Crippen LogP contribution < -0.4 is 10.9 Å². The van der Waals surface area contributed by atoms with Crippen molar-refractivity contribution in [3.05, 3.63) is 12.3 Å². The van der Waals surface area contributed by atoms with E-state index in [1.54, 1.807) is 0 Å². The Morgan fingerprint density at radius 2 is 2.67 bits per heavy atom. The quantitative estimate of drug-likeness (QED) is 0.377. The van der Waals surface area contributed by atoms with Gasteiger partial charge in [-0.3, -0.25) is 0 Å². The molecular weight excluding hydrogens is 144 g/mol. The van der Waals surface area contributed by atoms with Crippen molar-refractivity contribution >= 4 is 15.9 Å². The van der Waals surface area contributed by atoms with Crippen molar-refractivity contribution in [2.24, 2.45) is 0 Å². The Morgan fingerprint density at radius 3 is 2.83 bits per heavy atom. The first-order valence-corrected chi connectivity index (χ1v) is 2.54. The molecule has 0 aliphatic carbocycles. The molecule has 0 amide bonds. The average molecular weight is 148 g/mol. The Kier molecular flexibility index (Phi) is 1.12. The second kappa shape index (κ2) is 1.62. The van der Waals surface area contributed by atoms with Crippen LogP contribution >= 0.6 is 15.9 Å². The van der Waals surface area contributed by atoms with Crippen molar-refractivity contribution in [3.8, 4) is 0 Å². The zero-order chi connectivity index (χ0) is 4.41. The summed E-state index contributed by atoms with van der Waals surface area (Å²) in [6, 6.07) is 0. The largest absolute Gasteiger partial charge is 0.318 e. The van der Waals surface area contributed by atoms with E-state index in [1.165, 1.54) is 0 Å². The van der Waals surface area contributed by atoms with Crippen LogP contribution in [0.3, 0.4) is 0 Å². The maximum atomic E-state index is 3.25. The van der Waals surface area contributed by atoms with E-state index < -0.39 is 0 Å². The second-order valence-electron chi connectivity index (χ2n) is 0.982. The van der Waals surface area contributed by atoms with Gasteiger partial charge >= 0.3 is 0 Å². The van der Waals surface area contributed by atoms with Crippen molar-refractivity contribution in [2.75, 3.05) is 0 Å². The van der Waals surface area contributed by atoms with Gasteiger partial charge in [0.1, 0.15) is 4.95 Å². The van der Waals surface area contributed by atoms with Crippen LogP contribution in [0.1, 0.15) is 0 Å². The van der Waals surface area contributed by atoms with Crippen LogP contribution in [0, 0.1) is 6.20 Å². The first-order chi connectivity index (χ1) is 2.89. The summed E-state index contributed by atoms with van der Waals surface area (Å²) >= 11 is 3.25. The van der Waals surface area contributed by atoms with Crippen LogP contribution in [0.2, 0.25) is 0 Å². The lowest BCUT2D eigenvalue weighted by atomic mass is 10.7. The van der Waals surface area contributed by atoms with Crippen LogP contribution in [-0.2, 0) is 0 Å². The average Bonchev–Trinajstić information content (AvgIpc) is 1.86. The highest BCUT2D eigenvalue weighted by atomic mass is 79.9. The van der Waals surface area contributed by atoms with Gasteiger partial charge in [0.2, 0.25) is 0 Å². The molecule has 6 heavy (non-hydrogen) atoms. The van der Waals surface area contributed by atoms with Gasteiger partial charge in [0.25, 0.3) is 0 Å². The van der Waals surface area contributed by atoms with Crippen molar-refractivity contribution in [1.82, 2.24) is 10.9 Å². The number of alkyl halides is 1. The molecule has 2 nitrogen and oxygen atoms in total. The van der Waals surface area contributed by atoms with Crippen molar-refractivity contribution in [3.63, 3.8) is 0 Å². The first-order valence-electron chi connectivity index (χ1n) is 1.63. The van der Waals surface area contributed by atoms with Gasteiger partial charge in [0, 0.05) is 0 Å². The maximum absolute atomic E-state index is 3.25. The molecule has 0 bridgehead atoms. The molecule has 3 heteroatoms. The van der Waals surface area contributed by atoms with Gasteiger partial charge in [-0.15, -0.1) is 0 Å². The zero-order valence-electron chi connectivity index (χ0n) is 3.03. The summed E-state index contributed by atoms with van der Waals surface area (Å²) in [6.45, 7) is 0. The van der Waals surface area contributed by atoms with Gasteiger partial charge in [0.05, 0.1) is 6.20 Å². The molecule has 0 fully saturated rings. The van der Waals surface area contributed by atoms with Gasteiger partial charge in [-0.05, 0) is 6.08 Å². The Bertz CT molecular complexity index is 71.2. The molecule has 1 atom stereocenters. The van der Waals surface area contributed by atoms with Crippen LogP contribution in [0.4, 0.5) is 0 Å². The predicted octanol–water partition coefficient (Wildman–Crippen LogP) is 0.132. The number of hydrogen-bond donors (Lipinski definition) is 2. The highest BCUT2D eigenvalue weighted by Gasteiger charge is 1.98. The summed E-state index contributed by atoms with van der Waals surface area (Å²) in [6.07, 6.45) is 4.59. The number of halogens is 1. The minimum absolute atomic E-state index is 0.262. The fourth-order valence-electron chi connectivity index (χ4n) is 0.267. The van der Waals surface area contributed by atoms with Gasteiger partial charge in [-0.2, -0.15) is 0 Å². The van der Waals surface area contributed by atoms with Crippen LogP contribution in [0.15, 0.2) is 6.08 Å². The summed E-state index contributed by atoms with van der Waals surface area (Å²) in [4.78, 5) is 0.262. The molecule has 0 aromatic rings. The van der Waals surface area contributed by atoms with Gasteiger partial charge in [-0.1, -0.05) is 15.9 Å². The third-order valence-electron chi connectivity index (χ3n) is 0.512.